The molecule has 1 aliphatic heterocycles. The van der Waals surface area contributed by atoms with Gasteiger partial charge < -0.3 is 9.30 Å². The number of allylic oxidation sites excluding steroid dienone is 12. The molecule has 1 aromatic carbocycles. The molecule has 1 aromatic heterocycles. The Kier molecular flexibility index (Phi) is 14.6. The van der Waals surface area contributed by atoms with Gasteiger partial charge in [0.25, 0.3) is 0 Å². The van der Waals surface area contributed by atoms with Crippen molar-refractivity contribution in [2.75, 3.05) is 0 Å². The van der Waals surface area contributed by atoms with Gasteiger partial charge in [0.2, 0.25) is 5.78 Å². The van der Waals surface area contributed by atoms with E-state index < -0.39 is 17.9 Å². The second-order valence-electron chi connectivity index (χ2n) is 10.1. The van der Waals surface area contributed by atoms with Crippen LogP contribution >= 0.6 is 0 Å². The minimum Gasteiger partial charge on any atom is -0.393 e. The number of carbonyl (C=O) groups is 3. The third-order valence-electron chi connectivity index (χ3n) is 6.89. The van der Waals surface area contributed by atoms with E-state index in [2.05, 4.69) is 67.7 Å². The Balaban J connectivity index is 1.27. The van der Waals surface area contributed by atoms with Crippen LogP contribution in [0.1, 0.15) is 92.4 Å². The number of aromatic nitrogens is 1. The molecule has 1 unspecified atom stereocenters. The molecule has 0 amide bonds. The number of carbonyl (C=O) groups excluding carboxylic acids is 3. The fraction of sp³-hybridized carbons (Fsp3) is 0.324. The van der Waals surface area contributed by atoms with Gasteiger partial charge in [-0.3, -0.25) is 14.4 Å². The predicted molar refractivity (Wildman–Crippen MR) is 170 cm³/mol. The normalized spacial score (nSPS) is 15.3. The zero-order chi connectivity index (χ0) is 29.8. The van der Waals surface area contributed by atoms with Gasteiger partial charge in [-0.2, -0.15) is 0 Å². The van der Waals surface area contributed by atoms with Crippen LogP contribution in [0.3, 0.4) is 0 Å². The van der Waals surface area contributed by atoms with Gasteiger partial charge in [-0.15, -0.1) is 0 Å². The maximum absolute atomic E-state index is 12.9. The minimum atomic E-state index is -0.543. The third kappa shape index (κ3) is 11.0. The summed E-state index contributed by atoms with van der Waals surface area (Å²) in [5.41, 5.74) is 1.88. The van der Waals surface area contributed by atoms with Crippen molar-refractivity contribution in [3.05, 3.63) is 132 Å². The molecule has 5 nitrogen and oxygen atoms in total. The standard InChI is InChI=1S/C37H43NO4/c1-2-3-4-5-6-7-8-9-10-11-12-13-14-15-16-17-18-19-23-26-35(39)42-37(41)32-29-30-38-33(32)27-28-34(38)36(40)31-24-21-20-22-25-31/h3-4,6-7,9-10,12-13,15-16,18-22,24-25,27-28,32H,2,5,8,11,14,17,23,26,29-30H2,1H3/b4-3-,7-6-,10-9-,13-12-,16-15-,19-18-. The highest BCUT2D eigenvalue weighted by Gasteiger charge is 2.34. The van der Waals surface area contributed by atoms with E-state index in [0.717, 1.165) is 44.2 Å². The molecule has 42 heavy (non-hydrogen) atoms. The smallest absolute Gasteiger partial charge is 0.322 e. The molecule has 0 aliphatic carbocycles. The highest BCUT2D eigenvalue weighted by Crippen LogP contribution is 2.32. The summed E-state index contributed by atoms with van der Waals surface area (Å²) in [5.74, 6) is -1.68. The van der Waals surface area contributed by atoms with Crippen molar-refractivity contribution < 1.29 is 19.1 Å². The zero-order valence-electron chi connectivity index (χ0n) is 24.7. The number of nitrogens with zero attached hydrogens (tertiary/aromatic N) is 1. The number of hydrogen-bond donors (Lipinski definition) is 0. The summed E-state index contributed by atoms with van der Waals surface area (Å²) in [6.45, 7) is 2.69. The van der Waals surface area contributed by atoms with Gasteiger partial charge in [0.15, 0.2) is 0 Å². The maximum atomic E-state index is 12.9. The first kappa shape index (κ1) is 32.3. The van der Waals surface area contributed by atoms with Crippen molar-refractivity contribution in [3.8, 4) is 0 Å². The van der Waals surface area contributed by atoms with Crippen molar-refractivity contribution in [2.45, 2.75) is 77.2 Å². The Morgan fingerprint density at radius 3 is 1.86 bits per heavy atom. The SMILES string of the molecule is CC/C=C\C/C=C\C/C=C\C/C=C\C/C=C\C/C=C\CCC(=O)OC(=O)C1CCn2c(C(=O)c3ccccc3)ccc21. The van der Waals surface area contributed by atoms with Gasteiger partial charge in [-0.1, -0.05) is 110 Å². The van der Waals surface area contributed by atoms with E-state index in [4.69, 9.17) is 4.74 Å². The van der Waals surface area contributed by atoms with Crippen LogP contribution in [0.2, 0.25) is 0 Å². The lowest BCUT2D eigenvalue weighted by atomic mass is 10.1. The Morgan fingerprint density at radius 1 is 0.738 bits per heavy atom. The van der Waals surface area contributed by atoms with Crippen LogP contribution < -0.4 is 0 Å². The lowest BCUT2D eigenvalue weighted by molar-refractivity contribution is -0.160. The fourth-order valence-electron chi connectivity index (χ4n) is 4.69. The Bertz CT molecular complexity index is 1320. The average molecular weight is 566 g/mol. The number of ether oxygens (including phenoxy) is 1. The molecule has 2 aromatic rings. The van der Waals surface area contributed by atoms with Gasteiger partial charge in [0, 0.05) is 24.2 Å². The maximum Gasteiger partial charge on any atom is 0.322 e. The summed E-state index contributed by atoms with van der Waals surface area (Å²) in [4.78, 5) is 37.8. The fourth-order valence-corrected chi connectivity index (χ4v) is 4.69. The number of rotatable bonds is 17. The molecule has 0 saturated carbocycles. The second kappa shape index (κ2) is 19.0. The van der Waals surface area contributed by atoms with Crippen molar-refractivity contribution >= 4 is 17.7 Å². The first-order valence-electron chi connectivity index (χ1n) is 15.1. The molecule has 1 aliphatic rings. The van der Waals surface area contributed by atoms with E-state index in [-0.39, 0.29) is 12.2 Å². The van der Waals surface area contributed by atoms with Gasteiger partial charge in [-0.25, -0.2) is 0 Å². The largest absolute Gasteiger partial charge is 0.393 e. The van der Waals surface area contributed by atoms with Crippen LogP contribution in [0.25, 0.3) is 0 Å². The molecule has 0 saturated heterocycles. The molecule has 2 heterocycles. The Hall–Kier alpha value is -4.25. The predicted octanol–water partition coefficient (Wildman–Crippen LogP) is 8.75. The molecule has 1 atom stereocenters. The Labute approximate surface area is 250 Å². The first-order valence-corrected chi connectivity index (χ1v) is 15.1. The molecule has 0 bridgehead atoms. The molecule has 0 fully saturated rings. The van der Waals surface area contributed by atoms with Crippen molar-refractivity contribution in [1.82, 2.24) is 4.57 Å². The van der Waals surface area contributed by atoms with E-state index >= 15 is 0 Å². The lowest BCUT2D eigenvalue weighted by Gasteiger charge is -2.08. The number of fused-ring (bicyclic) bond motifs is 1. The van der Waals surface area contributed by atoms with Gasteiger partial charge in [0.05, 0.1) is 11.6 Å². The van der Waals surface area contributed by atoms with Gasteiger partial charge >= 0.3 is 11.9 Å². The van der Waals surface area contributed by atoms with Crippen molar-refractivity contribution in [2.24, 2.45) is 0 Å². The number of benzene rings is 1. The van der Waals surface area contributed by atoms with Crippen LogP contribution in [0.4, 0.5) is 0 Å². The molecular weight excluding hydrogens is 522 g/mol. The Morgan fingerprint density at radius 2 is 1.29 bits per heavy atom. The monoisotopic (exact) mass is 565 g/mol. The van der Waals surface area contributed by atoms with Crippen LogP contribution in [0, 0.1) is 0 Å². The summed E-state index contributed by atoms with van der Waals surface area (Å²) in [7, 11) is 0. The van der Waals surface area contributed by atoms with Crippen molar-refractivity contribution in [3.63, 3.8) is 0 Å². The topological polar surface area (TPSA) is 65.4 Å². The molecular formula is C37H43NO4. The zero-order valence-corrected chi connectivity index (χ0v) is 24.7. The highest BCUT2D eigenvalue weighted by atomic mass is 16.6. The summed E-state index contributed by atoms with van der Waals surface area (Å²) >= 11 is 0. The van der Waals surface area contributed by atoms with Gasteiger partial charge in [0.1, 0.15) is 0 Å². The summed E-state index contributed by atoms with van der Waals surface area (Å²) < 4.78 is 7.00. The summed E-state index contributed by atoms with van der Waals surface area (Å²) in [5, 5.41) is 0. The van der Waals surface area contributed by atoms with Crippen LogP contribution in [0.15, 0.2) is 115 Å². The molecule has 0 spiro atoms. The van der Waals surface area contributed by atoms with Gasteiger partial charge in [-0.05, 0) is 63.5 Å². The number of esters is 2. The molecule has 5 heteroatoms. The van der Waals surface area contributed by atoms with E-state index in [1.807, 2.05) is 34.9 Å². The molecule has 3 rings (SSSR count). The minimum absolute atomic E-state index is 0.0803. The lowest BCUT2D eigenvalue weighted by Crippen LogP contribution is -2.18. The van der Waals surface area contributed by atoms with E-state index in [1.165, 1.54) is 0 Å². The molecule has 220 valence electrons. The summed E-state index contributed by atoms with van der Waals surface area (Å²) in [6, 6.07) is 12.6. The van der Waals surface area contributed by atoms with Crippen LogP contribution in [-0.4, -0.2) is 22.3 Å². The first-order chi connectivity index (χ1) is 20.6. The van der Waals surface area contributed by atoms with E-state index in [1.54, 1.807) is 24.3 Å². The molecule has 0 radical (unpaired) electrons. The number of hydrogen-bond acceptors (Lipinski definition) is 4. The third-order valence-corrected chi connectivity index (χ3v) is 6.89. The van der Waals surface area contributed by atoms with Crippen molar-refractivity contribution in [1.29, 1.82) is 0 Å². The van der Waals surface area contributed by atoms with E-state index in [0.29, 0.717) is 30.6 Å². The summed E-state index contributed by atoms with van der Waals surface area (Å²) in [6.07, 6.45) is 32.6. The average Bonchev–Trinajstić information content (AvgIpc) is 3.61. The van der Waals surface area contributed by atoms with E-state index in [9.17, 15) is 14.4 Å². The second-order valence-corrected chi connectivity index (χ2v) is 10.1. The number of ketones is 1. The highest BCUT2D eigenvalue weighted by molar-refractivity contribution is 6.08. The van der Waals surface area contributed by atoms with Crippen LogP contribution in [-0.2, 0) is 20.9 Å². The van der Waals surface area contributed by atoms with Crippen LogP contribution in [0.5, 0.6) is 0 Å². The quantitative estimate of drug-likeness (QED) is 0.0832. The molecule has 0 N–H and O–H groups in total.